The molecule has 1 fully saturated rings. The highest BCUT2D eigenvalue weighted by atomic mass is 16.5. The average molecular weight is 790 g/mol. The number of para-hydroxylation sites is 1. The van der Waals surface area contributed by atoms with Crippen LogP contribution in [0.15, 0.2) is 133 Å². The number of fused-ring (bicyclic) bond motifs is 3. The van der Waals surface area contributed by atoms with E-state index in [1.807, 2.05) is 48.5 Å². The van der Waals surface area contributed by atoms with E-state index in [1.165, 1.54) is 52.2 Å². The maximum absolute atomic E-state index is 13.4. The van der Waals surface area contributed by atoms with Crippen LogP contribution in [0.1, 0.15) is 86.7 Å². The summed E-state index contributed by atoms with van der Waals surface area (Å²) in [7, 11) is 0. The van der Waals surface area contributed by atoms with E-state index in [1.54, 1.807) is 0 Å². The molecular formula is C51H55N3O5. The van der Waals surface area contributed by atoms with Crippen LogP contribution in [0.25, 0.3) is 32.9 Å². The summed E-state index contributed by atoms with van der Waals surface area (Å²) in [5.74, 6) is -0.00345. The van der Waals surface area contributed by atoms with Gasteiger partial charge in [-0.3, -0.25) is 5.43 Å². The molecule has 0 radical (unpaired) electrons. The zero-order chi connectivity index (χ0) is 41.0. The average Bonchev–Trinajstić information content (AvgIpc) is 3.60. The zero-order valence-electron chi connectivity index (χ0n) is 34.3. The van der Waals surface area contributed by atoms with Gasteiger partial charge in [0.15, 0.2) is 0 Å². The molecule has 1 aromatic heterocycles. The number of carbonyl (C=O) groups is 2. The standard InChI is InChI=1S/C51H55N3O5/c1-4-7-8-12-37-15-23-41(24-16-37)51(36-52-53-42-25-28-48-46(35-42)45-13-9-10-14-47(45)54(48)6-3)31-29-44(30-32-51)59-50(56)40-19-17-38(18-20-40)39-21-26-43(27-22-39)57-33-11-34-58-49(55)5-2/h5,9-10,13-28,35-36,44,53H,2,4,6-8,11-12,29-34H2,1,3H3/b52-36+. The number of benzene rings is 5. The van der Waals surface area contributed by atoms with Crippen molar-refractivity contribution < 1.29 is 23.8 Å². The lowest BCUT2D eigenvalue weighted by Crippen LogP contribution is -2.37. The zero-order valence-corrected chi connectivity index (χ0v) is 34.3. The van der Waals surface area contributed by atoms with Crippen LogP contribution in [0.3, 0.4) is 0 Å². The van der Waals surface area contributed by atoms with Gasteiger partial charge in [-0.1, -0.05) is 93.1 Å². The van der Waals surface area contributed by atoms with E-state index in [0.717, 1.165) is 67.3 Å². The van der Waals surface area contributed by atoms with E-state index < -0.39 is 5.97 Å². The lowest BCUT2D eigenvalue weighted by molar-refractivity contribution is -0.137. The predicted octanol–water partition coefficient (Wildman–Crippen LogP) is 11.8. The number of hydrogen-bond donors (Lipinski definition) is 1. The minimum atomic E-state index is -0.434. The van der Waals surface area contributed by atoms with Gasteiger partial charge in [0.1, 0.15) is 11.9 Å². The second kappa shape index (κ2) is 19.5. The molecule has 59 heavy (non-hydrogen) atoms. The molecule has 8 heteroatoms. The number of hydrazone groups is 1. The van der Waals surface area contributed by atoms with Crippen molar-refractivity contribution in [3.8, 4) is 16.9 Å². The van der Waals surface area contributed by atoms with E-state index >= 15 is 0 Å². The Morgan fingerprint density at radius 2 is 1.53 bits per heavy atom. The number of carbonyl (C=O) groups excluding carboxylic acids is 2. The Balaban J connectivity index is 0.987. The van der Waals surface area contributed by atoms with Gasteiger partial charge in [-0.15, -0.1) is 0 Å². The normalized spacial score (nSPS) is 16.6. The van der Waals surface area contributed by atoms with Gasteiger partial charge < -0.3 is 18.8 Å². The number of unbranched alkanes of at least 4 members (excludes halogenated alkanes) is 2. The SMILES string of the molecule is C=CC(=O)OCCCOc1ccc(-c2ccc(C(=O)OC3CCC(/C=N/Nc4ccc5c(c4)c4ccccc4n5CC)(c4ccc(CCCCC)cc4)CC3)cc2)cc1. The number of esters is 2. The topological polar surface area (TPSA) is 91.2 Å². The van der Waals surface area contributed by atoms with Gasteiger partial charge in [0.2, 0.25) is 0 Å². The number of anilines is 1. The van der Waals surface area contributed by atoms with Crippen molar-refractivity contribution >= 4 is 45.6 Å². The van der Waals surface area contributed by atoms with E-state index in [-0.39, 0.29) is 24.1 Å². The van der Waals surface area contributed by atoms with Crippen LogP contribution in [0.5, 0.6) is 5.75 Å². The molecule has 0 bridgehead atoms. The smallest absolute Gasteiger partial charge is 0.338 e. The Morgan fingerprint density at radius 1 is 0.814 bits per heavy atom. The first-order valence-electron chi connectivity index (χ1n) is 21.1. The molecule has 1 N–H and O–H groups in total. The number of nitrogens with one attached hydrogen (secondary N) is 1. The Hall–Kier alpha value is -6.15. The van der Waals surface area contributed by atoms with Gasteiger partial charge in [0.05, 0.1) is 24.5 Å². The third kappa shape index (κ3) is 9.94. The molecule has 304 valence electrons. The van der Waals surface area contributed by atoms with Crippen LogP contribution < -0.4 is 10.2 Å². The van der Waals surface area contributed by atoms with Gasteiger partial charge in [-0.05, 0) is 116 Å². The molecule has 0 saturated heterocycles. The Labute approximate surface area is 347 Å². The number of rotatable bonds is 18. The van der Waals surface area contributed by atoms with E-state index in [4.69, 9.17) is 19.3 Å². The number of nitrogens with zero attached hydrogens (tertiary/aromatic N) is 2. The second-order valence-corrected chi connectivity index (χ2v) is 15.5. The minimum Gasteiger partial charge on any atom is -0.493 e. The van der Waals surface area contributed by atoms with Crippen LogP contribution in [-0.2, 0) is 32.6 Å². The van der Waals surface area contributed by atoms with Gasteiger partial charge in [0, 0.05) is 52.5 Å². The quantitative estimate of drug-likeness (QED) is 0.0307. The number of hydrogen-bond acceptors (Lipinski definition) is 7. The van der Waals surface area contributed by atoms with Crippen LogP contribution in [0.4, 0.5) is 5.69 Å². The Bertz CT molecular complexity index is 2370. The van der Waals surface area contributed by atoms with Gasteiger partial charge in [-0.2, -0.15) is 5.10 Å². The third-order valence-electron chi connectivity index (χ3n) is 11.6. The Kier molecular flexibility index (Phi) is 13.6. The fraction of sp³-hybridized carbons (Fsp3) is 0.314. The van der Waals surface area contributed by atoms with Crippen molar-refractivity contribution in [2.24, 2.45) is 5.10 Å². The fourth-order valence-corrected chi connectivity index (χ4v) is 8.24. The number of aromatic nitrogens is 1. The lowest BCUT2D eigenvalue weighted by atomic mass is 9.69. The monoisotopic (exact) mass is 789 g/mol. The van der Waals surface area contributed by atoms with E-state index in [9.17, 15) is 9.59 Å². The van der Waals surface area contributed by atoms with Crippen LogP contribution in [-0.4, -0.2) is 42.0 Å². The highest BCUT2D eigenvalue weighted by Crippen LogP contribution is 2.40. The largest absolute Gasteiger partial charge is 0.493 e. The summed E-state index contributed by atoms with van der Waals surface area (Å²) < 4.78 is 19.2. The molecule has 0 aliphatic heterocycles. The summed E-state index contributed by atoms with van der Waals surface area (Å²) in [4.78, 5) is 24.6. The van der Waals surface area contributed by atoms with Gasteiger partial charge in [-0.25, -0.2) is 9.59 Å². The lowest BCUT2D eigenvalue weighted by Gasteiger charge is -2.37. The molecule has 1 heterocycles. The number of ether oxygens (including phenoxy) is 3. The van der Waals surface area contributed by atoms with E-state index in [0.29, 0.717) is 18.6 Å². The first kappa shape index (κ1) is 41.0. The van der Waals surface area contributed by atoms with Gasteiger partial charge >= 0.3 is 11.9 Å². The maximum atomic E-state index is 13.4. The second-order valence-electron chi connectivity index (χ2n) is 15.5. The van der Waals surface area contributed by atoms with Crippen molar-refractivity contribution in [3.05, 3.63) is 145 Å². The molecule has 0 spiro atoms. The van der Waals surface area contributed by atoms with Crippen LogP contribution in [0.2, 0.25) is 0 Å². The summed E-state index contributed by atoms with van der Waals surface area (Å²) in [6.07, 6.45) is 11.5. The fourth-order valence-electron chi connectivity index (χ4n) is 8.24. The molecular weight excluding hydrogens is 735 g/mol. The highest BCUT2D eigenvalue weighted by Gasteiger charge is 2.37. The van der Waals surface area contributed by atoms with Crippen molar-refractivity contribution in [1.82, 2.24) is 4.57 Å². The molecule has 5 aromatic carbocycles. The van der Waals surface area contributed by atoms with E-state index in [2.05, 4.69) is 103 Å². The molecule has 0 amide bonds. The maximum Gasteiger partial charge on any atom is 0.338 e. The minimum absolute atomic E-state index is 0.176. The van der Waals surface area contributed by atoms with Crippen molar-refractivity contribution in [2.45, 2.75) is 89.7 Å². The van der Waals surface area contributed by atoms with Gasteiger partial charge in [0.25, 0.3) is 0 Å². The molecule has 6 aromatic rings. The molecule has 7 rings (SSSR count). The van der Waals surface area contributed by atoms with Crippen molar-refractivity contribution in [3.63, 3.8) is 0 Å². The molecule has 0 atom stereocenters. The summed E-state index contributed by atoms with van der Waals surface area (Å²) in [6, 6.07) is 39.5. The molecule has 1 aliphatic carbocycles. The summed E-state index contributed by atoms with van der Waals surface area (Å²) in [5, 5.41) is 7.35. The number of aryl methyl sites for hydroxylation is 2. The van der Waals surface area contributed by atoms with Crippen molar-refractivity contribution in [2.75, 3.05) is 18.6 Å². The molecule has 0 unspecified atom stereocenters. The molecule has 1 saturated carbocycles. The van der Waals surface area contributed by atoms with Crippen molar-refractivity contribution in [1.29, 1.82) is 0 Å². The molecule has 1 aliphatic rings. The highest BCUT2D eigenvalue weighted by molar-refractivity contribution is 6.09. The first-order chi connectivity index (χ1) is 28.9. The first-order valence-corrected chi connectivity index (χ1v) is 21.1. The van der Waals surface area contributed by atoms with Crippen LogP contribution in [0, 0.1) is 0 Å². The Morgan fingerprint density at radius 3 is 2.24 bits per heavy atom. The third-order valence-corrected chi connectivity index (χ3v) is 11.6. The van der Waals surface area contributed by atoms with Crippen LogP contribution >= 0.6 is 0 Å². The summed E-state index contributed by atoms with van der Waals surface area (Å²) in [6.45, 7) is 9.44. The summed E-state index contributed by atoms with van der Waals surface area (Å²) in [5.41, 5.74) is 11.6. The molecule has 8 nitrogen and oxygen atoms in total. The summed E-state index contributed by atoms with van der Waals surface area (Å²) >= 11 is 0. The predicted molar refractivity (Wildman–Crippen MR) is 239 cm³/mol.